The summed E-state index contributed by atoms with van der Waals surface area (Å²) in [5, 5.41) is 7.40. The van der Waals surface area contributed by atoms with E-state index in [1.54, 1.807) is 29.9 Å². The third-order valence-electron chi connectivity index (χ3n) is 5.08. The minimum atomic E-state index is -0.315. The minimum absolute atomic E-state index is 0.225. The lowest BCUT2D eigenvalue weighted by atomic mass is 10.1. The number of imidazole rings is 1. The molecule has 30 heavy (non-hydrogen) atoms. The standard InChI is InChI=1S/C23H22FN5O/c1-15-22(16(2)29(27-15)21-10-6-19(24)7-11-21)23(30)26-20-8-4-18(5-9-20)14-28-13-12-25-17(28)3/h4-13H,14H2,1-3H3,(H,26,30). The minimum Gasteiger partial charge on any atom is -0.331 e. The van der Waals surface area contributed by atoms with Crippen LogP contribution in [-0.4, -0.2) is 25.2 Å². The first kappa shape index (κ1) is 19.6. The summed E-state index contributed by atoms with van der Waals surface area (Å²) in [5.41, 5.74) is 4.35. The van der Waals surface area contributed by atoms with Crippen molar-refractivity contribution in [3.8, 4) is 5.69 Å². The Morgan fingerprint density at radius 2 is 1.73 bits per heavy atom. The predicted octanol–water partition coefficient (Wildman–Crippen LogP) is 4.43. The summed E-state index contributed by atoms with van der Waals surface area (Å²) in [6.07, 6.45) is 3.72. The Labute approximate surface area is 174 Å². The van der Waals surface area contributed by atoms with Gasteiger partial charge in [-0.25, -0.2) is 14.1 Å². The van der Waals surface area contributed by atoms with Crippen molar-refractivity contribution in [3.63, 3.8) is 0 Å². The van der Waals surface area contributed by atoms with Gasteiger partial charge in [-0.3, -0.25) is 4.79 Å². The van der Waals surface area contributed by atoms with Gasteiger partial charge in [0, 0.05) is 24.6 Å². The number of aryl methyl sites for hydroxylation is 2. The fourth-order valence-electron chi connectivity index (χ4n) is 3.46. The Hall–Kier alpha value is -3.74. The van der Waals surface area contributed by atoms with Gasteiger partial charge in [-0.15, -0.1) is 0 Å². The SMILES string of the molecule is Cc1nn(-c2ccc(F)cc2)c(C)c1C(=O)Nc1ccc(Cn2ccnc2C)cc1. The molecular weight excluding hydrogens is 381 g/mol. The van der Waals surface area contributed by atoms with Gasteiger partial charge in [0.25, 0.3) is 5.91 Å². The van der Waals surface area contributed by atoms with Crippen molar-refractivity contribution in [2.45, 2.75) is 27.3 Å². The van der Waals surface area contributed by atoms with E-state index in [-0.39, 0.29) is 11.7 Å². The second-order valence-corrected chi connectivity index (χ2v) is 7.19. The van der Waals surface area contributed by atoms with Crippen molar-refractivity contribution < 1.29 is 9.18 Å². The largest absolute Gasteiger partial charge is 0.331 e. The number of hydrogen-bond acceptors (Lipinski definition) is 3. The molecule has 152 valence electrons. The van der Waals surface area contributed by atoms with Gasteiger partial charge in [-0.2, -0.15) is 5.10 Å². The van der Waals surface area contributed by atoms with Crippen LogP contribution in [0.1, 0.15) is 33.1 Å². The van der Waals surface area contributed by atoms with E-state index >= 15 is 0 Å². The topological polar surface area (TPSA) is 64.7 Å². The molecule has 4 rings (SSSR count). The molecule has 0 atom stereocenters. The summed E-state index contributed by atoms with van der Waals surface area (Å²) in [4.78, 5) is 17.1. The Kier molecular flexibility index (Phi) is 5.18. The zero-order valence-electron chi connectivity index (χ0n) is 17.1. The number of amides is 1. The first-order valence-electron chi connectivity index (χ1n) is 9.62. The summed E-state index contributed by atoms with van der Waals surface area (Å²) < 4.78 is 16.9. The van der Waals surface area contributed by atoms with Crippen LogP contribution in [0.3, 0.4) is 0 Å². The molecule has 4 aromatic rings. The number of nitrogens with zero attached hydrogens (tertiary/aromatic N) is 4. The molecule has 0 aliphatic carbocycles. The van der Waals surface area contributed by atoms with E-state index in [4.69, 9.17) is 0 Å². The van der Waals surface area contributed by atoms with E-state index in [0.29, 0.717) is 28.3 Å². The van der Waals surface area contributed by atoms with Crippen LogP contribution < -0.4 is 5.32 Å². The Balaban J connectivity index is 1.51. The zero-order chi connectivity index (χ0) is 21.3. The van der Waals surface area contributed by atoms with Crippen LogP contribution in [0.4, 0.5) is 10.1 Å². The summed E-state index contributed by atoms with van der Waals surface area (Å²) in [5.74, 6) is 0.415. The van der Waals surface area contributed by atoms with Crippen LogP contribution in [-0.2, 0) is 6.54 Å². The molecule has 2 aromatic carbocycles. The molecular formula is C23H22FN5O. The number of rotatable bonds is 5. The number of carbonyl (C=O) groups excluding carboxylic acids is 1. The highest BCUT2D eigenvalue weighted by atomic mass is 19.1. The van der Waals surface area contributed by atoms with Crippen LogP contribution in [0, 0.1) is 26.6 Å². The summed E-state index contributed by atoms with van der Waals surface area (Å²) >= 11 is 0. The highest BCUT2D eigenvalue weighted by Gasteiger charge is 2.19. The van der Waals surface area contributed by atoms with Gasteiger partial charge in [-0.1, -0.05) is 12.1 Å². The quantitative estimate of drug-likeness (QED) is 0.536. The molecule has 1 N–H and O–H groups in total. The summed E-state index contributed by atoms with van der Waals surface area (Å²) in [6, 6.07) is 13.8. The van der Waals surface area contributed by atoms with E-state index < -0.39 is 0 Å². The molecule has 0 saturated heterocycles. The molecule has 2 aromatic heterocycles. The second-order valence-electron chi connectivity index (χ2n) is 7.19. The molecule has 0 radical (unpaired) electrons. The second kappa shape index (κ2) is 7.94. The van der Waals surface area contributed by atoms with Gasteiger partial charge in [0.2, 0.25) is 0 Å². The molecule has 7 heteroatoms. The molecule has 0 spiro atoms. The maximum Gasteiger partial charge on any atom is 0.259 e. The van der Waals surface area contributed by atoms with Crippen molar-refractivity contribution in [1.82, 2.24) is 19.3 Å². The maximum absolute atomic E-state index is 13.2. The van der Waals surface area contributed by atoms with Crippen molar-refractivity contribution in [3.05, 3.63) is 95.1 Å². The smallest absolute Gasteiger partial charge is 0.259 e. The van der Waals surface area contributed by atoms with E-state index in [2.05, 4.69) is 20.0 Å². The molecule has 0 aliphatic rings. The molecule has 0 fully saturated rings. The Morgan fingerprint density at radius 1 is 1.03 bits per heavy atom. The normalized spacial score (nSPS) is 10.9. The molecule has 0 aliphatic heterocycles. The van der Waals surface area contributed by atoms with E-state index in [1.807, 2.05) is 44.3 Å². The van der Waals surface area contributed by atoms with E-state index in [0.717, 1.165) is 17.9 Å². The third kappa shape index (κ3) is 3.87. The van der Waals surface area contributed by atoms with E-state index in [1.165, 1.54) is 12.1 Å². The number of carbonyl (C=O) groups is 1. The lowest BCUT2D eigenvalue weighted by Crippen LogP contribution is -2.14. The van der Waals surface area contributed by atoms with Gasteiger partial charge >= 0.3 is 0 Å². The Bertz CT molecular complexity index is 1190. The molecule has 0 saturated carbocycles. The zero-order valence-corrected chi connectivity index (χ0v) is 17.1. The molecule has 6 nitrogen and oxygen atoms in total. The molecule has 1 amide bonds. The lowest BCUT2D eigenvalue weighted by molar-refractivity contribution is 0.102. The van der Waals surface area contributed by atoms with E-state index in [9.17, 15) is 9.18 Å². The predicted molar refractivity (Wildman–Crippen MR) is 113 cm³/mol. The number of benzene rings is 2. The third-order valence-corrected chi connectivity index (χ3v) is 5.08. The van der Waals surface area contributed by atoms with Gasteiger partial charge in [0.05, 0.1) is 22.6 Å². The number of aromatic nitrogens is 4. The fourth-order valence-corrected chi connectivity index (χ4v) is 3.46. The average Bonchev–Trinajstić information content (AvgIpc) is 3.26. The average molecular weight is 403 g/mol. The van der Waals surface area contributed by atoms with Crippen molar-refractivity contribution >= 4 is 11.6 Å². The van der Waals surface area contributed by atoms with Crippen LogP contribution >= 0.6 is 0 Å². The fraction of sp³-hybridized carbons (Fsp3) is 0.174. The van der Waals surface area contributed by atoms with Crippen molar-refractivity contribution in [2.24, 2.45) is 0 Å². The monoisotopic (exact) mass is 403 g/mol. The van der Waals surface area contributed by atoms with Crippen LogP contribution in [0.5, 0.6) is 0 Å². The van der Waals surface area contributed by atoms with Crippen molar-refractivity contribution in [2.75, 3.05) is 5.32 Å². The first-order valence-corrected chi connectivity index (χ1v) is 9.62. The van der Waals surface area contributed by atoms with Gasteiger partial charge in [0.1, 0.15) is 11.6 Å². The summed E-state index contributed by atoms with van der Waals surface area (Å²) in [7, 11) is 0. The highest BCUT2D eigenvalue weighted by molar-refractivity contribution is 6.05. The van der Waals surface area contributed by atoms with Gasteiger partial charge < -0.3 is 9.88 Å². The molecule has 0 bridgehead atoms. The molecule has 0 unspecified atom stereocenters. The number of halogens is 1. The lowest BCUT2D eigenvalue weighted by Gasteiger charge is -2.09. The maximum atomic E-state index is 13.2. The summed E-state index contributed by atoms with van der Waals surface area (Å²) in [6.45, 7) is 6.31. The molecule has 2 heterocycles. The number of anilines is 1. The van der Waals surface area contributed by atoms with Crippen LogP contribution in [0.2, 0.25) is 0 Å². The van der Waals surface area contributed by atoms with Gasteiger partial charge in [-0.05, 0) is 62.7 Å². The van der Waals surface area contributed by atoms with Crippen molar-refractivity contribution in [1.29, 1.82) is 0 Å². The number of hydrogen-bond donors (Lipinski definition) is 1. The Morgan fingerprint density at radius 3 is 2.37 bits per heavy atom. The van der Waals surface area contributed by atoms with Crippen LogP contribution in [0.15, 0.2) is 60.9 Å². The first-order chi connectivity index (χ1) is 14.4. The van der Waals surface area contributed by atoms with Gasteiger partial charge in [0.15, 0.2) is 0 Å². The number of nitrogens with one attached hydrogen (secondary N) is 1. The highest BCUT2D eigenvalue weighted by Crippen LogP contribution is 2.20. The van der Waals surface area contributed by atoms with Crippen LogP contribution in [0.25, 0.3) is 5.69 Å².